The van der Waals surface area contributed by atoms with Crippen molar-refractivity contribution in [3.8, 4) is 0 Å². The molecule has 0 aliphatic rings. The second-order valence-corrected chi connectivity index (χ2v) is 3.77. The van der Waals surface area contributed by atoms with Gasteiger partial charge in [0.25, 0.3) is 0 Å². The maximum atomic E-state index is 11.5. The van der Waals surface area contributed by atoms with Gasteiger partial charge < -0.3 is 5.32 Å². The first kappa shape index (κ1) is 11.7. The van der Waals surface area contributed by atoms with Gasteiger partial charge in [-0.1, -0.05) is 17.7 Å². The molecule has 1 unspecified atom stereocenters. The van der Waals surface area contributed by atoms with Gasteiger partial charge in [0.15, 0.2) is 0 Å². The molecule has 0 aliphatic carbocycles. The Morgan fingerprint density at radius 1 is 1.40 bits per heavy atom. The molecule has 3 nitrogen and oxygen atoms in total. The van der Waals surface area contributed by atoms with Crippen molar-refractivity contribution in [2.24, 2.45) is 5.92 Å². The molecule has 1 aromatic carbocycles. The zero-order valence-corrected chi connectivity index (χ0v) is 9.34. The van der Waals surface area contributed by atoms with Gasteiger partial charge in [-0.2, -0.15) is 0 Å². The highest BCUT2D eigenvalue weighted by molar-refractivity contribution is 6.30. The fourth-order valence-corrected chi connectivity index (χ4v) is 1.19. The van der Waals surface area contributed by atoms with Gasteiger partial charge in [0.05, 0.1) is 5.92 Å². The number of anilines is 1. The minimum absolute atomic E-state index is 0.158. The maximum Gasteiger partial charge on any atom is 0.234 e. The minimum Gasteiger partial charge on any atom is -0.325 e. The number of Topliss-reactive ketones (excluding diaryl/α,β-unsaturated/α-hetero) is 1. The lowest BCUT2D eigenvalue weighted by Crippen LogP contribution is -2.25. The molecule has 0 radical (unpaired) electrons. The molecule has 80 valence electrons. The fraction of sp³-hybridized carbons (Fsp3) is 0.273. The van der Waals surface area contributed by atoms with E-state index in [1.54, 1.807) is 31.2 Å². The molecule has 0 spiro atoms. The number of rotatable bonds is 3. The van der Waals surface area contributed by atoms with Gasteiger partial charge in [0, 0.05) is 10.7 Å². The second kappa shape index (κ2) is 4.94. The van der Waals surface area contributed by atoms with Crippen molar-refractivity contribution in [1.82, 2.24) is 0 Å². The lowest BCUT2D eigenvalue weighted by Gasteiger charge is -2.09. The van der Waals surface area contributed by atoms with E-state index in [2.05, 4.69) is 5.32 Å². The highest BCUT2D eigenvalue weighted by Gasteiger charge is 2.17. The third kappa shape index (κ3) is 3.36. The van der Waals surface area contributed by atoms with Crippen LogP contribution < -0.4 is 5.32 Å². The summed E-state index contributed by atoms with van der Waals surface area (Å²) in [7, 11) is 0. The van der Waals surface area contributed by atoms with Gasteiger partial charge in [-0.05, 0) is 32.0 Å². The van der Waals surface area contributed by atoms with Crippen LogP contribution in [0.4, 0.5) is 5.69 Å². The summed E-state index contributed by atoms with van der Waals surface area (Å²) in [5, 5.41) is 3.16. The van der Waals surface area contributed by atoms with Crippen molar-refractivity contribution in [1.29, 1.82) is 0 Å². The van der Waals surface area contributed by atoms with Crippen LogP contribution in [-0.2, 0) is 9.59 Å². The third-order valence-electron chi connectivity index (χ3n) is 2.10. The zero-order valence-electron chi connectivity index (χ0n) is 8.58. The number of hydrogen-bond acceptors (Lipinski definition) is 2. The molecule has 1 rings (SSSR count). The first-order valence-electron chi connectivity index (χ1n) is 4.57. The van der Waals surface area contributed by atoms with E-state index in [4.69, 9.17) is 11.6 Å². The lowest BCUT2D eigenvalue weighted by molar-refractivity contribution is -0.129. The minimum atomic E-state index is -0.635. The zero-order chi connectivity index (χ0) is 11.4. The summed E-state index contributed by atoms with van der Waals surface area (Å²) >= 11 is 5.75. The number of ketones is 1. The van der Waals surface area contributed by atoms with Crippen LogP contribution in [0, 0.1) is 5.92 Å². The van der Waals surface area contributed by atoms with Gasteiger partial charge in [0.2, 0.25) is 5.91 Å². The highest BCUT2D eigenvalue weighted by atomic mass is 35.5. The topological polar surface area (TPSA) is 46.2 Å². The molecule has 15 heavy (non-hydrogen) atoms. The molecule has 4 heteroatoms. The molecule has 0 saturated heterocycles. The fourth-order valence-electron chi connectivity index (χ4n) is 1.00. The number of nitrogens with one attached hydrogen (secondary N) is 1. The summed E-state index contributed by atoms with van der Waals surface area (Å²) in [6.07, 6.45) is 0. The van der Waals surface area contributed by atoms with E-state index in [0.717, 1.165) is 0 Å². The Morgan fingerprint density at radius 3 is 2.60 bits per heavy atom. The van der Waals surface area contributed by atoms with Crippen molar-refractivity contribution >= 4 is 29.0 Å². The predicted octanol–water partition coefficient (Wildman–Crippen LogP) is 2.50. The van der Waals surface area contributed by atoms with Gasteiger partial charge in [-0.3, -0.25) is 9.59 Å². The van der Waals surface area contributed by atoms with E-state index in [1.165, 1.54) is 6.92 Å². The molecule has 0 heterocycles. The molecular formula is C11H12ClNO2. The Bertz CT molecular complexity index is 390. The summed E-state index contributed by atoms with van der Waals surface area (Å²) in [5.74, 6) is -1.11. The number of benzene rings is 1. The lowest BCUT2D eigenvalue weighted by atomic mass is 10.1. The van der Waals surface area contributed by atoms with Gasteiger partial charge in [0.1, 0.15) is 5.78 Å². The van der Waals surface area contributed by atoms with Gasteiger partial charge >= 0.3 is 0 Å². The van der Waals surface area contributed by atoms with Crippen LogP contribution >= 0.6 is 11.6 Å². The number of amides is 1. The summed E-state index contributed by atoms with van der Waals surface area (Å²) in [6.45, 7) is 2.96. The SMILES string of the molecule is CC(=O)C(C)C(=O)Nc1cccc(Cl)c1. The Balaban J connectivity index is 2.70. The summed E-state index contributed by atoms with van der Waals surface area (Å²) in [6, 6.07) is 6.80. The third-order valence-corrected chi connectivity index (χ3v) is 2.33. The van der Waals surface area contributed by atoms with Gasteiger partial charge in [-0.25, -0.2) is 0 Å². The van der Waals surface area contributed by atoms with E-state index in [-0.39, 0.29) is 11.7 Å². The number of carbonyl (C=O) groups is 2. The van der Waals surface area contributed by atoms with E-state index in [0.29, 0.717) is 10.7 Å². The smallest absolute Gasteiger partial charge is 0.234 e. The summed E-state index contributed by atoms with van der Waals surface area (Å²) in [5.41, 5.74) is 0.598. The molecule has 1 N–H and O–H groups in total. The Labute approximate surface area is 93.4 Å². The molecule has 0 saturated carbocycles. The van der Waals surface area contributed by atoms with E-state index in [9.17, 15) is 9.59 Å². The quantitative estimate of drug-likeness (QED) is 0.804. The van der Waals surface area contributed by atoms with E-state index < -0.39 is 5.92 Å². The second-order valence-electron chi connectivity index (χ2n) is 3.33. The Morgan fingerprint density at radius 2 is 2.07 bits per heavy atom. The van der Waals surface area contributed by atoms with Crippen LogP contribution in [-0.4, -0.2) is 11.7 Å². The summed E-state index contributed by atoms with van der Waals surface area (Å²) < 4.78 is 0. The standard InChI is InChI=1S/C11H12ClNO2/c1-7(8(2)14)11(15)13-10-5-3-4-9(12)6-10/h3-7H,1-2H3,(H,13,15). The van der Waals surface area contributed by atoms with Crippen LogP contribution in [0.25, 0.3) is 0 Å². The maximum absolute atomic E-state index is 11.5. The number of carbonyl (C=O) groups excluding carboxylic acids is 2. The van der Waals surface area contributed by atoms with Crippen LogP contribution in [0.1, 0.15) is 13.8 Å². The molecule has 0 fully saturated rings. The molecule has 0 bridgehead atoms. The van der Waals surface area contributed by atoms with Crippen molar-refractivity contribution in [2.75, 3.05) is 5.32 Å². The molecule has 0 aromatic heterocycles. The monoisotopic (exact) mass is 225 g/mol. The van der Waals surface area contributed by atoms with Crippen molar-refractivity contribution in [3.05, 3.63) is 29.3 Å². The Hall–Kier alpha value is -1.35. The largest absolute Gasteiger partial charge is 0.325 e. The van der Waals surface area contributed by atoms with E-state index in [1.807, 2.05) is 0 Å². The van der Waals surface area contributed by atoms with Crippen LogP contribution in [0.5, 0.6) is 0 Å². The molecule has 1 amide bonds. The van der Waals surface area contributed by atoms with Crippen LogP contribution in [0.3, 0.4) is 0 Å². The number of hydrogen-bond donors (Lipinski definition) is 1. The van der Waals surface area contributed by atoms with Crippen molar-refractivity contribution < 1.29 is 9.59 Å². The molecule has 1 atom stereocenters. The van der Waals surface area contributed by atoms with Crippen molar-refractivity contribution in [3.63, 3.8) is 0 Å². The predicted molar refractivity (Wildman–Crippen MR) is 59.9 cm³/mol. The first-order chi connectivity index (χ1) is 7.00. The first-order valence-corrected chi connectivity index (χ1v) is 4.95. The highest BCUT2D eigenvalue weighted by Crippen LogP contribution is 2.15. The average molecular weight is 226 g/mol. The molecular weight excluding hydrogens is 214 g/mol. The summed E-state index contributed by atoms with van der Waals surface area (Å²) in [4.78, 5) is 22.4. The Kier molecular flexibility index (Phi) is 3.86. The normalized spacial score (nSPS) is 11.9. The molecule has 1 aromatic rings. The average Bonchev–Trinajstić information content (AvgIpc) is 2.16. The van der Waals surface area contributed by atoms with E-state index >= 15 is 0 Å². The van der Waals surface area contributed by atoms with Crippen molar-refractivity contribution in [2.45, 2.75) is 13.8 Å². The van der Waals surface area contributed by atoms with Crippen LogP contribution in [0.2, 0.25) is 5.02 Å². The van der Waals surface area contributed by atoms with Crippen LogP contribution in [0.15, 0.2) is 24.3 Å². The number of halogens is 1. The molecule has 0 aliphatic heterocycles. The van der Waals surface area contributed by atoms with Gasteiger partial charge in [-0.15, -0.1) is 0 Å².